The number of benzene rings is 1. The summed E-state index contributed by atoms with van der Waals surface area (Å²) in [6.07, 6.45) is 4.09. The second-order valence-electron chi connectivity index (χ2n) is 5.32. The van der Waals surface area contributed by atoms with Crippen molar-refractivity contribution in [1.29, 1.82) is 0 Å². The Morgan fingerprint density at radius 3 is 2.37 bits per heavy atom. The average Bonchev–Trinajstić information content (AvgIpc) is 2.42. The summed E-state index contributed by atoms with van der Waals surface area (Å²) in [4.78, 5) is 0. The van der Waals surface area contributed by atoms with Crippen molar-refractivity contribution in [3.63, 3.8) is 0 Å². The zero-order valence-electron chi connectivity index (χ0n) is 10.9. The lowest BCUT2D eigenvalue weighted by molar-refractivity contribution is -0.00411. The van der Waals surface area contributed by atoms with E-state index in [-0.39, 0.29) is 17.5 Å². The van der Waals surface area contributed by atoms with Crippen LogP contribution in [0, 0.1) is 5.92 Å². The lowest BCUT2D eigenvalue weighted by Gasteiger charge is -2.26. The number of hydrogen-bond acceptors (Lipinski definition) is 1. The van der Waals surface area contributed by atoms with Gasteiger partial charge in [-0.3, -0.25) is 0 Å². The number of nitrogens with one attached hydrogen (secondary N) is 1. The fraction of sp³-hybridized carbons (Fsp3) is 0.600. The van der Waals surface area contributed by atoms with Crippen LogP contribution >= 0.6 is 11.6 Å². The lowest BCUT2D eigenvalue weighted by atomic mass is 9.89. The summed E-state index contributed by atoms with van der Waals surface area (Å²) in [6, 6.07) is 7.98. The molecule has 0 unspecified atom stereocenters. The minimum Gasteiger partial charge on any atom is -0.311 e. The minimum absolute atomic E-state index is 0.0759. The summed E-state index contributed by atoms with van der Waals surface area (Å²) in [7, 11) is 0. The third kappa shape index (κ3) is 4.43. The molecular formula is C15H20ClF2N. The van der Waals surface area contributed by atoms with Crippen LogP contribution in [0.1, 0.15) is 31.2 Å². The van der Waals surface area contributed by atoms with E-state index in [0.29, 0.717) is 12.5 Å². The van der Waals surface area contributed by atoms with Crippen LogP contribution in [0.25, 0.3) is 0 Å². The molecule has 1 fully saturated rings. The molecule has 1 aliphatic rings. The molecule has 0 saturated heterocycles. The van der Waals surface area contributed by atoms with Gasteiger partial charge in [0.1, 0.15) is 0 Å². The predicted molar refractivity (Wildman–Crippen MR) is 74.8 cm³/mol. The SMILES string of the molecule is FC(F)(CNCC1CCC(Cl)CC1)c1ccccc1. The number of alkyl halides is 3. The standard InChI is InChI=1S/C15H20ClF2N/c16-14-8-6-12(7-9-14)10-19-11-15(17,18)13-4-2-1-3-5-13/h1-5,12,14,19H,6-11H2. The molecule has 1 N–H and O–H groups in total. The molecule has 0 bridgehead atoms. The van der Waals surface area contributed by atoms with Crippen LogP contribution in [0.5, 0.6) is 0 Å². The molecule has 1 nitrogen and oxygen atoms in total. The van der Waals surface area contributed by atoms with Gasteiger partial charge in [-0.1, -0.05) is 30.3 Å². The smallest absolute Gasteiger partial charge is 0.285 e. The Morgan fingerprint density at radius 2 is 1.74 bits per heavy atom. The Kier molecular flexibility index (Phi) is 5.17. The largest absolute Gasteiger partial charge is 0.311 e. The van der Waals surface area contributed by atoms with Gasteiger partial charge in [0.2, 0.25) is 0 Å². The second-order valence-corrected chi connectivity index (χ2v) is 5.94. The van der Waals surface area contributed by atoms with Gasteiger partial charge in [0.05, 0.1) is 6.54 Å². The molecule has 0 heterocycles. The van der Waals surface area contributed by atoms with Gasteiger partial charge in [-0.2, -0.15) is 8.78 Å². The molecule has 4 heteroatoms. The van der Waals surface area contributed by atoms with Gasteiger partial charge in [-0.25, -0.2) is 0 Å². The topological polar surface area (TPSA) is 12.0 Å². The van der Waals surface area contributed by atoms with Crippen LogP contribution in [0.3, 0.4) is 0 Å². The van der Waals surface area contributed by atoms with Gasteiger partial charge in [-0.05, 0) is 38.1 Å². The summed E-state index contributed by atoms with van der Waals surface area (Å²) in [5, 5.41) is 3.20. The summed E-state index contributed by atoms with van der Waals surface area (Å²) in [6.45, 7) is 0.365. The Hall–Kier alpha value is -0.670. The number of hydrogen-bond donors (Lipinski definition) is 1. The first-order valence-electron chi connectivity index (χ1n) is 6.86. The first-order chi connectivity index (χ1) is 9.08. The Bertz CT molecular complexity index is 375. The highest BCUT2D eigenvalue weighted by atomic mass is 35.5. The molecule has 0 aromatic heterocycles. The normalized spacial score (nSPS) is 24.4. The third-order valence-corrected chi connectivity index (χ3v) is 4.19. The van der Waals surface area contributed by atoms with Crippen LogP contribution in [-0.2, 0) is 5.92 Å². The van der Waals surface area contributed by atoms with Crippen LogP contribution in [0.4, 0.5) is 8.78 Å². The first-order valence-corrected chi connectivity index (χ1v) is 7.30. The van der Waals surface area contributed by atoms with Crippen molar-refractivity contribution >= 4 is 11.6 Å². The molecule has 0 amide bonds. The van der Waals surface area contributed by atoms with Gasteiger partial charge in [0, 0.05) is 10.9 Å². The molecule has 0 spiro atoms. The molecule has 1 aromatic rings. The maximum Gasteiger partial charge on any atom is 0.285 e. The van der Waals surface area contributed by atoms with E-state index in [1.54, 1.807) is 18.2 Å². The van der Waals surface area contributed by atoms with Gasteiger partial charge >= 0.3 is 0 Å². The van der Waals surface area contributed by atoms with E-state index in [9.17, 15) is 8.78 Å². The number of rotatable bonds is 5. The molecule has 1 aromatic carbocycles. The van der Waals surface area contributed by atoms with E-state index in [1.807, 2.05) is 0 Å². The average molecular weight is 288 g/mol. The molecular weight excluding hydrogens is 268 g/mol. The van der Waals surface area contributed by atoms with Gasteiger partial charge < -0.3 is 5.32 Å². The van der Waals surface area contributed by atoms with Crippen molar-refractivity contribution < 1.29 is 8.78 Å². The monoisotopic (exact) mass is 287 g/mol. The molecule has 2 rings (SSSR count). The number of halogens is 3. The van der Waals surface area contributed by atoms with Crippen LogP contribution in [0.15, 0.2) is 30.3 Å². The van der Waals surface area contributed by atoms with E-state index < -0.39 is 5.92 Å². The zero-order valence-corrected chi connectivity index (χ0v) is 11.7. The summed E-state index contributed by atoms with van der Waals surface area (Å²) in [5.74, 6) is -2.31. The van der Waals surface area contributed by atoms with E-state index >= 15 is 0 Å². The molecule has 1 aliphatic carbocycles. The third-order valence-electron chi connectivity index (χ3n) is 3.75. The Labute approximate surface area is 118 Å². The summed E-state index contributed by atoms with van der Waals surface area (Å²) < 4.78 is 27.8. The molecule has 0 atom stereocenters. The van der Waals surface area contributed by atoms with E-state index in [1.165, 1.54) is 12.1 Å². The van der Waals surface area contributed by atoms with Crippen LogP contribution in [-0.4, -0.2) is 18.5 Å². The molecule has 106 valence electrons. The van der Waals surface area contributed by atoms with Crippen LogP contribution in [0.2, 0.25) is 0 Å². The summed E-state index contributed by atoms with van der Waals surface area (Å²) in [5.41, 5.74) is 0.0759. The van der Waals surface area contributed by atoms with Crippen molar-refractivity contribution in [3.8, 4) is 0 Å². The first kappa shape index (κ1) is 14.7. The maximum absolute atomic E-state index is 13.9. The Morgan fingerprint density at radius 1 is 1.11 bits per heavy atom. The van der Waals surface area contributed by atoms with E-state index in [4.69, 9.17) is 11.6 Å². The molecule has 1 saturated carbocycles. The van der Waals surface area contributed by atoms with Gasteiger partial charge in [0.15, 0.2) is 0 Å². The predicted octanol–water partition coefficient (Wildman–Crippen LogP) is 4.17. The Balaban J connectivity index is 1.76. The van der Waals surface area contributed by atoms with Crippen molar-refractivity contribution in [1.82, 2.24) is 5.32 Å². The fourth-order valence-corrected chi connectivity index (χ4v) is 2.80. The highest BCUT2D eigenvalue weighted by molar-refractivity contribution is 6.20. The van der Waals surface area contributed by atoms with Crippen molar-refractivity contribution in [2.75, 3.05) is 13.1 Å². The molecule has 0 radical (unpaired) electrons. The van der Waals surface area contributed by atoms with Gasteiger partial charge in [-0.15, -0.1) is 11.6 Å². The van der Waals surface area contributed by atoms with Crippen molar-refractivity contribution in [3.05, 3.63) is 35.9 Å². The van der Waals surface area contributed by atoms with E-state index in [0.717, 1.165) is 25.7 Å². The summed E-state index contributed by atoms with van der Waals surface area (Å²) >= 11 is 6.03. The lowest BCUT2D eigenvalue weighted by Crippen LogP contribution is -2.35. The van der Waals surface area contributed by atoms with Crippen molar-refractivity contribution in [2.24, 2.45) is 5.92 Å². The van der Waals surface area contributed by atoms with Gasteiger partial charge in [0.25, 0.3) is 5.92 Å². The highest BCUT2D eigenvalue weighted by Gasteiger charge is 2.31. The fourth-order valence-electron chi connectivity index (χ4n) is 2.54. The van der Waals surface area contributed by atoms with Crippen LogP contribution < -0.4 is 5.32 Å². The second kappa shape index (κ2) is 6.67. The zero-order chi connectivity index (χ0) is 13.7. The molecule has 19 heavy (non-hydrogen) atoms. The van der Waals surface area contributed by atoms with Crippen molar-refractivity contribution in [2.45, 2.75) is 37.0 Å². The van der Waals surface area contributed by atoms with E-state index in [2.05, 4.69) is 5.32 Å². The maximum atomic E-state index is 13.9. The highest BCUT2D eigenvalue weighted by Crippen LogP contribution is 2.29. The molecule has 0 aliphatic heterocycles. The minimum atomic E-state index is -2.80. The quantitative estimate of drug-likeness (QED) is 0.802.